The van der Waals surface area contributed by atoms with Crippen molar-refractivity contribution >= 4 is 23.1 Å². The molecule has 0 atom stereocenters. The van der Waals surface area contributed by atoms with Crippen LogP contribution in [0.2, 0.25) is 0 Å². The number of aromatic amines is 1. The van der Waals surface area contributed by atoms with Gasteiger partial charge in [-0.05, 0) is 24.6 Å². The zero-order valence-corrected chi connectivity index (χ0v) is 24.5. The molecule has 1 aromatic carbocycles. The number of hydrogen-bond donors (Lipinski definition) is 2. The number of aliphatic carboxylic acids is 1. The Morgan fingerprint density at radius 2 is 1.58 bits per heavy atom. The molecule has 0 fully saturated rings. The molecule has 10 nitrogen and oxygen atoms in total. The molecule has 43 heavy (non-hydrogen) atoms. The maximum Gasteiger partial charge on any atom is 0.421 e. The highest BCUT2D eigenvalue weighted by Crippen LogP contribution is 2.38. The molecular weight excluding hydrogens is 571 g/mol. The molecule has 2 heterocycles. The largest absolute Gasteiger partial charge is 0.480 e. The second kappa shape index (κ2) is 18.7. The summed E-state index contributed by atoms with van der Waals surface area (Å²) in [4.78, 5) is 21.5. The molecule has 236 valence electrons. The minimum absolute atomic E-state index is 0.0435. The van der Waals surface area contributed by atoms with Crippen LogP contribution >= 0.6 is 0 Å². The summed E-state index contributed by atoms with van der Waals surface area (Å²) in [6, 6.07) is 6.35. The fourth-order valence-electron chi connectivity index (χ4n) is 3.77. The summed E-state index contributed by atoms with van der Waals surface area (Å²) in [6.45, 7) is 10.5. The van der Waals surface area contributed by atoms with Gasteiger partial charge in [-0.3, -0.25) is 4.99 Å². The quantitative estimate of drug-likeness (QED) is 0.140. The number of aryl methyl sites for hydroxylation is 1. The number of hydrogen-bond acceptors (Lipinski definition) is 8. The summed E-state index contributed by atoms with van der Waals surface area (Å²) >= 11 is 0. The van der Waals surface area contributed by atoms with Gasteiger partial charge in [0.1, 0.15) is 18.8 Å². The van der Waals surface area contributed by atoms with Gasteiger partial charge in [0.25, 0.3) is 0 Å². The van der Waals surface area contributed by atoms with Crippen molar-refractivity contribution in [2.45, 2.75) is 26.9 Å². The van der Waals surface area contributed by atoms with Crippen LogP contribution in [0.5, 0.6) is 5.88 Å². The maximum absolute atomic E-state index is 13.8. The van der Waals surface area contributed by atoms with Crippen LogP contribution in [-0.2, 0) is 29.9 Å². The number of fused-ring (bicyclic) bond motifs is 1. The third-order valence-corrected chi connectivity index (χ3v) is 5.64. The number of H-pyrrole nitrogens is 1. The fourth-order valence-corrected chi connectivity index (χ4v) is 3.77. The zero-order chi connectivity index (χ0) is 31.7. The predicted molar refractivity (Wildman–Crippen MR) is 157 cm³/mol. The minimum atomic E-state index is -4.67. The topological polar surface area (TPSA) is 124 Å². The first-order chi connectivity index (χ1) is 20.7. The summed E-state index contributed by atoms with van der Waals surface area (Å²) in [6.07, 6.45) is -0.222. The number of nitrogens with one attached hydrogen (secondary N) is 1. The lowest BCUT2D eigenvalue weighted by Gasteiger charge is -2.14. The molecule has 0 bridgehead atoms. The normalized spacial score (nSPS) is 11.5. The molecule has 0 unspecified atom stereocenters. The van der Waals surface area contributed by atoms with Gasteiger partial charge in [-0.1, -0.05) is 32.6 Å². The lowest BCUT2D eigenvalue weighted by Crippen LogP contribution is -2.16. The minimum Gasteiger partial charge on any atom is -0.480 e. The Kier molecular flexibility index (Phi) is 15.4. The lowest BCUT2D eigenvalue weighted by molar-refractivity contribution is -0.143. The van der Waals surface area contributed by atoms with Crippen molar-refractivity contribution in [1.82, 2.24) is 9.97 Å². The van der Waals surface area contributed by atoms with E-state index in [0.717, 1.165) is 28.2 Å². The zero-order valence-electron chi connectivity index (χ0n) is 24.5. The van der Waals surface area contributed by atoms with Crippen LogP contribution in [-0.4, -0.2) is 86.7 Å². The smallest absolute Gasteiger partial charge is 0.421 e. The Morgan fingerprint density at radius 1 is 0.977 bits per heavy atom. The second-order valence-corrected chi connectivity index (χ2v) is 8.59. The standard InChI is InChI=1S/C28H32F3N3O7.C2H6/c1-3-32-17-23-19(2)34-25-15-20(4-5-22(23)25)21-14-24(28(29,30)31)27(33-16-21)41-13-12-39-9-8-37-6-7-38-10-11-40-18-26(35)36;1-2/h3-5,14-17,34H,1,6-13,18H2,2H3,(H,35,36);1-2H3. The van der Waals surface area contributed by atoms with Gasteiger partial charge in [-0.25, -0.2) is 9.78 Å². The van der Waals surface area contributed by atoms with E-state index >= 15 is 0 Å². The summed E-state index contributed by atoms with van der Waals surface area (Å²) in [5.41, 5.74) is 2.40. The molecule has 13 heteroatoms. The number of ether oxygens (including phenoxy) is 5. The second-order valence-electron chi connectivity index (χ2n) is 8.59. The van der Waals surface area contributed by atoms with Crippen molar-refractivity contribution in [2.24, 2.45) is 4.99 Å². The molecule has 3 aromatic rings. The van der Waals surface area contributed by atoms with Crippen LogP contribution in [0.3, 0.4) is 0 Å². The Labute approximate surface area is 248 Å². The van der Waals surface area contributed by atoms with Gasteiger partial charge in [0.05, 0.1) is 46.2 Å². The molecule has 0 aliphatic carbocycles. The number of carboxylic acids is 1. The first-order valence-corrected chi connectivity index (χ1v) is 13.7. The third kappa shape index (κ3) is 11.8. The van der Waals surface area contributed by atoms with Crippen molar-refractivity contribution in [3.63, 3.8) is 0 Å². The molecule has 0 spiro atoms. The van der Waals surface area contributed by atoms with E-state index in [1.807, 2.05) is 26.8 Å². The fraction of sp³-hybridized carbons (Fsp3) is 0.433. The average Bonchev–Trinajstić information content (AvgIpc) is 3.30. The molecule has 2 N–H and O–H groups in total. The highest BCUT2D eigenvalue weighted by atomic mass is 19.4. The van der Waals surface area contributed by atoms with E-state index in [1.165, 1.54) is 12.4 Å². The monoisotopic (exact) mass is 609 g/mol. The van der Waals surface area contributed by atoms with E-state index in [2.05, 4.69) is 21.5 Å². The number of halogens is 3. The number of alkyl halides is 3. The number of nitrogens with zero attached hydrogens (tertiary/aromatic N) is 2. The van der Waals surface area contributed by atoms with Crippen molar-refractivity contribution < 1.29 is 46.8 Å². The van der Waals surface area contributed by atoms with Gasteiger partial charge in [-0.2, -0.15) is 13.2 Å². The van der Waals surface area contributed by atoms with E-state index in [-0.39, 0.29) is 46.2 Å². The van der Waals surface area contributed by atoms with Crippen LogP contribution in [0, 0.1) is 6.92 Å². The Bertz CT molecular complexity index is 1330. The van der Waals surface area contributed by atoms with E-state index in [4.69, 9.17) is 28.8 Å². The van der Waals surface area contributed by atoms with Crippen molar-refractivity contribution in [1.29, 1.82) is 0 Å². The molecule has 2 aromatic heterocycles. The van der Waals surface area contributed by atoms with Crippen molar-refractivity contribution in [2.75, 3.05) is 59.5 Å². The number of benzene rings is 1. The average molecular weight is 610 g/mol. The van der Waals surface area contributed by atoms with E-state index in [1.54, 1.807) is 18.3 Å². The summed E-state index contributed by atoms with van der Waals surface area (Å²) in [5.74, 6) is -1.57. The highest BCUT2D eigenvalue weighted by Gasteiger charge is 2.36. The summed E-state index contributed by atoms with van der Waals surface area (Å²) in [7, 11) is 0. The number of aromatic nitrogens is 2. The van der Waals surface area contributed by atoms with Crippen molar-refractivity contribution in [3.8, 4) is 17.0 Å². The Balaban J connectivity index is 0.00000316. The lowest BCUT2D eigenvalue weighted by atomic mass is 10.0. The summed E-state index contributed by atoms with van der Waals surface area (Å²) in [5, 5.41) is 9.32. The number of aliphatic imine (C=N–C) groups is 1. The van der Waals surface area contributed by atoms with Crippen LogP contribution in [0.15, 0.2) is 48.2 Å². The van der Waals surface area contributed by atoms with Crippen LogP contribution in [0.1, 0.15) is 30.7 Å². The predicted octanol–water partition coefficient (Wildman–Crippen LogP) is 5.68. The molecular formula is C30H38F3N3O7. The number of carbonyl (C=O) groups is 1. The summed E-state index contributed by atoms with van der Waals surface area (Å²) < 4.78 is 67.5. The van der Waals surface area contributed by atoms with Crippen LogP contribution in [0.4, 0.5) is 13.2 Å². The van der Waals surface area contributed by atoms with E-state index in [9.17, 15) is 18.0 Å². The van der Waals surface area contributed by atoms with Crippen molar-refractivity contribution in [3.05, 3.63) is 60.1 Å². The van der Waals surface area contributed by atoms with E-state index < -0.39 is 23.6 Å². The molecule has 0 radical (unpaired) electrons. The van der Waals surface area contributed by atoms with Gasteiger partial charge >= 0.3 is 12.1 Å². The molecule has 3 rings (SSSR count). The van der Waals surface area contributed by atoms with Crippen LogP contribution in [0.25, 0.3) is 22.0 Å². The molecule has 0 aliphatic heterocycles. The highest BCUT2D eigenvalue weighted by molar-refractivity contribution is 6.02. The first-order valence-electron chi connectivity index (χ1n) is 13.7. The molecule has 0 saturated carbocycles. The molecule has 0 saturated heterocycles. The number of rotatable bonds is 18. The van der Waals surface area contributed by atoms with Gasteiger partial charge in [0.2, 0.25) is 5.88 Å². The Hall–Kier alpha value is -3.78. The van der Waals surface area contributed by atoms with Gasteiger partial charge in [0.15, 0.2) is 0 Å². The maximum atomic E-state index is 13.8. The number of pyridine rings is 1. The first kappa shape index (κ1) is 35.4. The third-order valence-electron chi connectivity index (χ3n) is 5.64. The SMILES string of the molecule is C=CN=Cc1c(C)[nH]c2cc(-c3cnc(OCCOCCOCCOCCOCC(=O)O)c(C(F)(F)F)c3)ccc12.CC. The van der Waals surface area contributed by atoms with Gasteiger partial charge < -0.3 is 33.8 Å². The number of carboxylic acid groups (broad SMARTS) is 1. The van der Waals surface area contributed by atoms with Gasteiger partial charge in [-0.15, -0.1) is 0 Å². The Morgan fingerprint density at radius 3 is 2.16 bits per heavy atom. The van der Waals surface area contributed by atoms with Crippen LogP contribution < -0.4 is 4.74 Å². The van der Waals surface area contributed by atoms with Gasteiger partial charge in [0, 0.05) is 46.3 Å². The molecule has 0 aliphatic rings. The van der Waals surface area contributed by atoms with E-state index in [0.29, 0.717) is 24.3 Å². The molecule has 0 amide bonds.